The molecule has 4 aliphatic heterocycles. The molecule has 51 heavy (non-hydrogen) atoms. The number of aliphatic hydroxyl groups is 6. The van der Waals surface area contributed by atoms with Gasteiger partial charge >= 0.3 is 0 Å². The first-order valence-electron chi connectivity index (χ1n) is 19.8. The summed E-state index contributed by atoms with van der Waals surface area (Å²) in [5.74, 6) is 2.99. The summed E-state index contributed by atoms with van der Waals surface area (Å²) in [4.78, 5) is 0. The van der Waals surface area contributed by atoms with E-state index in [2.05, 4.69) is 33.8 Å². The summed E-state index contributed by atoms with van der Waals surface area (Å²) in [6, 6.07) is 0. The van der Waals surface area contributed by atoms with Gasteiger partial charge in [-0.1, -0.05) is 39.3 Å². The Morgan fingerprint density at radius 1 is 0.824 bits per heavy atom. The zero-order valence-corrected chi connectivity index (χ0v) is 30.9. The summed E-state index contributed by atoms with van der Waals surface area (Å²) in [6.07, 6.45) is -1.53. The molecule has 4 saturated heterocycles. The first-order chi connectivity index (χ1) is 24.2. The largest absolute Gasteiger partial charge is 0.394 e. The van der Waals surface area contributed by atoms with Crippen LogP contribution in [0.1, 0.15) is 92.4 Å². The first-order valence-corrected chi connectivity index (χ1v) is 19.8. The van der Waals surface area contributed by atoms with Crippen molar-refractivity contribution in [3.8, 4) is 0 Å². The molecule has 12 heteroatoms. The maximum atomic E-state index is 11.1. The monoisotopic (exact) mass is 722 g/mol. The Balaban J connectivity index is 0.915. The minimum Gasteiger partial charge on any atom is -0.394 e. The van der Waals surface area contributed by atoms with Crippen molar-refractivity contribution in [2.75, 3.05) is 13.2 Å². The smallest absolute Gasteiger partial charge is 0.187 e. The third-order valence-corrected chi connectivity index (χ3v) is 15.6. The summed E-state index contributed by atoms with van der Waals surface area (Å²) >= 11 is 0. The van der Waals surface area contributed by atoms with Gasteiger partial charge in [0.15, 0.2) is 18.4 Å². The SMILES string of the molecule is CC1O[C@H](O[C@H]2[C@H](O)[C@@H](O)C(O[C@H]3CC[C@@]4(C)C(=CCC5C6CC7O[C@]8(CC[C@@H](C)CO8)[C@@H](C)C7[C@@]6(C)CCC54)C3)O[C@@H]2CO)[C@@H](O)C(O)[C@H]1O. The minimum absolute atomic E-state index is 0.0757. The first kappa shape index (κ1) is 37.2. The zero-order valence-electron chi connectivity index (χ0n) is 30.9. The Kier molecular flexibility index (Phi) is 9.83. The van der Waals surface area contributed by atoms with Gasteiger partial charge in [-0.3, -0.25) is 0 Å². The van der Waals surface area contributed by atoms with E-state index in [9.17, 15) is 30.6 Å². The van der Waals surface area contributed by atoms with Crippen LogP contribution in [-0.4, -0.2) is 123 Å². The van der Waals surface area contributed by atoms with Crippen LogP contribution in [0.25, 0.3) is 0 Å². The highest BCUT2D eigenvalue weighted by molar-refractivity contribution is 5.26. The fourth-order valence-corrected chi connectivity index (χ4v) is 12.6. The van der Waals surface area contributed by atoms with E-state index in [1.54, 1.807) is 0 Å². The third-order valence-electron chi connectivity index (χ3n) is 15.6. The number of aliphatic hydroxyl groups excluding tert-OH is 6. The molecule has 21 atom stereocenters. The molecule has 0 aromatic carbocycles. The van der Waals surface area contributed by atoms with Crippen LogP contribution in [0.15, 0.2) is 11.6 Å². The summed E-state index contributed by atoms with van der Waals surface area (Å²) < 4.78 is 37.1. The van der Waals surface area contributed by atoms with E-state index in [0.717, 1.165) is 45.1 Å². The van der Waals surface area contributed by atoms with E-state index in [1.807, 2.05) is 0 Å². The van der Waals surface area contributed by atoms with Gasteiger partial charge in [-0.05, 0) is 98.7 Å². The number of ether oxygens (including phenoxy) is 6. The molecule has 8 aliphatic rings. The Labute approximate surface area is 301 Å². The molecule has 1 spiro atoms. The molecule has 6 N–H and O–H groups in total. The molecule has 3 saturated carbocycles. The van der Waals surface area contributed by atoms with Crippen LogP contribution in [0.3, 0.4) is 0 Å². The van der Waals surface area contributed by atoms with Gasteiger partial charge in [0.25, 0.3) is 0 Å². The fourth-order valence-electron chi connectivity index (χ4n) is 12.6. The minimum atomic E-state index is -1.61. The van der Waals surface area contributed by atoms with E-state index in [4.69, 9.17) is 28.4 Å². The highest BCUT2D eigenvalue weighted by Gasteiger charge is 2.68. The van der Waals surface area contributed by atoms with Gasteiger partial charge in [-0.15, -0.1) is 0 Å². The fraction of sp³-hybridized carbons (Fsp3) is 0.949. The second-order valence-electron chi connectivity index (χ2n) is 18.3. The normalized spacial score (nSPS) is 58.4. The van der Waals surface area contributed by atoms with Crippen LogP contribution in [0.4, 0.5) is 0 Å². The second kappa shape index (κ2) is 13.5. The molecule has 0 radical (unpaired) electrons. The topological polar surface area (TPSA) is 177 Å². The van der Waals surface area contributed by atoms with Crippen molar-refractivity contribution in [3.63, 3.8) is 0 Å². The van der Waals surface area contributed by atoms with Gasteiger partial charge in [-0.25, -0.2) is 0 Å². The summed E-state index contributed by atoms with van der Waals surface area (Å²) in [5.41, 5.74) is 1.75. The van der Waals surface area contributed by atoms with E-state index in [0.29, 0.717) is 35.5 Å². The van der Waals surface area contributed by atoms with Gasteiger partial charge in [-0.2, -0.15) is 0 Å². The van der Waals surface area contributed by atoms with Crippen molar-refractivity contribution in [2.24, 2.45) is 46.3 Å². The van der Waals surface area contributed by atoms with Crippen LogP contribution in [0, 0.1) is 46.3 Å². The summed E-state index contributed by atoms with van der Waals surface area (Å²) in [6.45, 7) is 11.5. The van der Waals surface area contributed by atoms with Gasteiger partial charge < -0.3 is 59.1 Å². The van der Waals surface area contributed by atoms with E-state index in [1.165, 1.54) is 31.8 Å². The lowest BCUT2D eigenvalue weighted by atomic mass is 9.47. The number of hydrogen-bond donors (Lipinski definition) is 6. The maximum absolute atomic E-state index is 11.1. The Hall–Kier alpha value is -0.740. The molecule has 0 aromatic rings. The average Bonchev–Trinajstić information content (AvgIpc) is 3.56. The molecular formula is C39H62O12. The highest BCUT2D eigenvalue weighted by atomic mass is 16.7. The van der Waals surface area contributed by atoms with Crippen molar-refractivity contribution in [2.45, 2.75) is 172 Å². The lowest BCUT2D eigenvalue weighted by Crippen LogP contribution is -2.64. The molecular weight excluding hydrogens is 660 g/mol. The average molecular weight is 723 g/mol. The Morgan fingerprint density at radius 3 is 2.29 bits per heavy atom. The Morgan fingerprint density at radius 2 is 1.57 bits per heavy atom. The van der Waals surface area contributed by atoms with E-state index in [-0.39, 0.29) is 23.0 Å². The maximum Gasteiger partial charge on any atom is 0.187 e. The molecule has 8 rings (SSSR count). The lowest BCUT2D eigenvalue weighted by molar-refractivity contribution is -0.360. The van der Waals surface area contributed by atoms with Crippen LogP contribution < -0.4 is 0 Å². The predicted octanol–water partition coefficient (Wildman–Crippen LogP) is 2.39. The van der Waals surface area contributed by atoms with Gasteiger partial charge in [0.05, 0.1) is 31.5 Å². The van der Waals surface area contributed by atoms with Gasteiger partial charge in [0, 0.05) is 12.3 Å². The molecule has 290 valence electrons. The number of hydrogen-bond acceptors (Lipinski definition) is 12. The van der Waals surface area contributed by atoms with Crippen molar-refractivity contribution < 1.29 is 59.1 Å². The standard InChI is InChI=1S/C39H62O12/c1-18-8-13-39(46-17-18)19(2)28-26(51-39)15-25-23-7-6-21-14-22(9-11-37(21,4)24(23)10-12-38(25,28)5)48-36-33(45)31(43)34(27(16-40)49-36)50-35-32(44)30(42)29(41)20(3)47-35/h6,18-20,22-36,40-45H,7-17H2,1-5H3/t18-,19+,20?,22+,23?,24?,25?,26?,27-,28?,29+,30?,31-,32+,33-,34-,35-,36?,37+,38+,39-/m1/s1. The molecule has 0 bridgehead atoms. The molecule has 4 heterocycles. The van der Waals surface area contributed by atoms with Crippen molar-refractivity contribution in [3.05, 3.63) is 11.6 Å². The van der Waals surface area contributed by atoms with E-state index < -0.39 is 73.8 Å². The van der Waals surface area contributed by atoms with Crippen molar-refractivity contribution in [1.82, 2.24) is 0 Å². The van der Waals surface area contributed by atoms with Crippen LogP contribution in [0.5, 0.6) is 0 Å². The summed E-state index contributed by atoms with van der Waals surface area (Å²) in [5, 5.41) is 63.1. The number of fused-ring (bicyclic) bond motifs is 7. The highest BCUT2D eigenvalue weighted by Crippen LogP contribution is 2.70. The molecule has 8 unspecified atom stereocenters. The molecule has 12 nitrogen and oxygen atoms in total. The zero-order chi connectivity index (χ0) is 36.2. The van der Waals surface area contributed by atoms with Crippen LogP contribution in [-0.2, 0) is 28.4 Å². The third kappa shape index (κ3) is 5.84. The molecule has 4 aliphatic carbocycles. The Bertz CT molecular complexity index is 1300. The van der Waals surface area contributed by atoms with Crippen LogP contribution >= 0.6 is 0 Å². The molecule has 0 amide bonds. The quantitative estimate of drug-likeness (QED) is 0.229. The lowest BCUT2D eigenvalue weighted by Gasteiger charge is -2.58. The molecule has 0 aromatic heterocycles. The number of allylic oxidation sites excluding steroid dienone is 1. The second-order valence-corrected chi connectivity index (χ2v) is 18.3. The number of rotatable bonds is 5. The van der Waals surface area contributed by atoms with Crippen molar-refractivity contribution >= 4 is 0 Å². The van der Waals surface area contributed by atoms with Crippen LogP contribution in [0.2, 0.25) is 0 Å². The van der Waals surface area contributed by atoms with Crippen molar-refractivity contribution in [1.29, 1.82) is 0 Å². The van der Waals surface area contributed by atoms with E-state index >= 15 is 0 Å². The summed E-state index contributed by atoms with van der Waals surface area (Å²) in [7, 11) is 0. The van der Waals surface area contributed by atoms with Gasteiger partial charge in [0.1, 0.15) is 42.7 Å². The molecule has 7 fully saturated rings. The predicted molar refractivity (Wildman–Crippen MR) is 182 cm³/mol. The van der Waals surface area contributed by atoms with Gasteiger partial charge in [0.2, 0.25) is 0 Å².